The van der Waals surface area contributed by atoms with E-state index in [0.29, 0.717) is 23.0 Å². The second-order valence-electron chi connectivity index (χ2n) is 5.91. The smallest absolute Gasteiger partial charge is 0.343 e. The lowest BCUT2D eigenvalue weighted by Crippen LogP contribution is -2.31. The van der Waals surface area contributed by atoms with Crippen LogP contribution in [0.5, 0.6) is 11.5 Å². The average molecular weight is 400 g/mol. The monoisotopic (exact) mass is 399 g/mol. The summed E-state index contributed by atoms with van der Waals surface area (Å²) in [4.78, 5) is 12.3. The summed E-state index contributed by atoms with van der Waals surface area (Å²) in [5, 5.41) is 7.43. The van der Waals surface area contributed by atoms with Crippen molar-refractivity contribution in [1.29, 1.82) is 0 Å². The molecule has 0 saturated carbocycles. The summed E-state index contributed by atoms with van der Waals surface area (Å²) in [5.41, 5.74) is 4.03. The summed E-state index contributed by atoms with van der Waals surface area (Å²) in [7, 11) is 0. The molecule has 7 heteroatoms. The van der Waals surface area contributed by atoms with Gasteiger partial charge in [-0.3, -0.25) is 5.43 Å². The Hall–Kier alpha value is -2.93. The maximum atomic E-state index is 12.3. The van der Waals surface area contributed by atoms with Crippen LogP contribution in [0.3, 0.4) is 0 Å². The molecular formula is C21H25N3O3S. The Balaban J connectivity index is 1.86. The Kier molecular flexibility index (Phi) is 8.94. The van der Waals surface area contributed by atoms with Gasteiger partial charge < -0.3 is 14.8 Å². The highest BCUT2D eigenvalue weighted by Crippen LogP contribution is 2.16. The normalized spacial score (nSPS) is 10.5. The molecule has 2 aromatic rings. The molecule has 0 bridgehead atoms. The molecule has 0 aliphatic heterocycles. The Morgan fingerprint density at radius 3 is 2.39 bits per heavy atom. The van der Waals surface area contributed by atoms with Gasteiger partial charge in [0, 0.05) is 6.54 Å². The molecule has 0 aliphatic rings. The number of thiocarbonyl (C=S) groups is 1. The third-order valence-corrected chi connectivity index (χ3v) is 3.90. The summed E-state index contributed by atoms with van der Waals surface area (Å²) < 4.78 is 11.0. The first-order chi connectivity index (χ1) is 13.6. The lowest BCUT2D eigenvalue weighted by atomic mass is 10.2. The fourth-order valence-electron chi connectivity index (χ4n) is 2.18. The van der Waals surface area contributed by atoms with Crippen LogP contribution in [0.25, 0.3) is 0 Å². The molecule has 148 valence electrons. The molecule has 2 aromatic carbocycles. The highest BCUT2D eigenvalue weighted by Gasteiger charge is 2.08. The molecule has 0 saturated heterocycles. The number of unbranched alkanes of at least 4 members (excludes halogenated alkanes) is 1. The van der Waals surface area contributed by atoms with Gasteiger partial charge in [-0.05, 0) is 79.7 Å². The standard InChI is InChI=1S/C21H25N3O3S/c1-3-5-14-26-18-12-8-17(9-13-18)20(25)27-19-10-6-16(7-11-19)15-23-24-21(28)22-4-2/h6-13,15H,3-5,14H2,1-2H3,(H2,22,24,28)/b23-15+. The lowest BCUT2D eigenvalue weighted by Gasteiger charge is -2.07. The Morgan fingerprint density at radius 2 is 1.75 bits per heavy atom. The van der Waals surface area contributed by atoms with E-state index in [1.54, 1.807) is 54.7 Å². The molecule has 6 nitrogen and oxygen atoms in total. The van der Waals surface area contributed by atoms with Crippen LogP contribution in [0.15, 0.2) is 53.6 Å². The number of carbonyl (C=O) groups is 1. The first kappa shape index (κ1) is 21.4. The van der Waals surface area contributed by atoms with Gasteiger partial charge in [-0.2, -0.15) is 5.10 Å². The summed E-state index contributed by atoms with van der Waals surface area (Å²) in [6, 6.07) is 14.0. The van der Waals surface area contributed by atoms with Crippen LogP contribution in [0.1, 0.15) is 42.6 Å². The first-order valence-corrected chi connectivity index (χ1v) is 9.65. The zero-order chi connectivity index (χ0) is 20.2. The van der Waals surface area contributed by atoms with Gasteiger partial charge in [0.15, 0.2) is 5.11 Å². The van der Waals surface area contributed by atoms with E-state index in [1.807, 2.05) is 6.92 Å². The predicted molar refractivity (Wildman–Crippen MR) is 115 cm³/mol. The molecule has 0 heterocycles. The van der Waals surface area contributed by atoms with Gasteiger partial charge in [0.25, 0.3) is 0 Å². The van der Waals surface area contributed by atoms with E-state index in [-0.39, 0.29) is 0 Å². The molecule has 0 fully saturated rings. The second kappa shape index (κ2) is 11.7. The number of hydrogen-bond donors (Lipinski definition) is 2. The van der Waals surface area contributed by atoms with E-state index >= 15 is 0 Å². The van der Waals surface area contributed by atoms with Gasteiger partial charge in [-0.15, -0.1) is 0 Å². The molecule has 2 rings (SSSR count). The van der Waals surface area contributed by atoms with Crippen LogP contribution < -0.4 is 20.2 Å². The largest absolute Gasteiger partial charge is 0.494 e. The summed E-state index contributed by atoms with van der Waals surface area (Å²) in [6.45, 7) is 5.47. The van der Waals surface area contributed by atoms with Crippen molar-refractivity contribution in [3.63, 3.8) is 0 Å². The minimum Gasteiger partial charge on any atom is -0.494 e. The maximum Gasteiger partial charge on any atom is 0.343 e. The fraction of sp³-hybridized carbons (Fsp3) is 0.286. The van der Waals surface area contributed by atoms with Crippen molar-refractivity contribution >= 4 is 29.5 Å². The van der Waals surface area contributed by atoms with Crippen molar-refractivity contribution in [2.45, 2.75) is 26.7 Å². The van der Waals surface area contributed by atoms with E-state index in [1.165, 1.54) is 0 Å². The predicted octanol–water partition coefficient (Wildman–Crippen LogP) is 3.90. The summed E-state index contributed by atoms with van der Waals surface area (Å²) in [6.07, 6.45) is 3.71. The van der Waals surface area contributed by atoms with Crippen molar-refractivity contribution in [2.75, 3.05) is 13.2 Å². The van der Waals surface area contributed by atoms with Crippen LogP contribution in [0.2, 0.25) is 0 Å². The average Bonchev–Trinajstić information content (AvgIpc) is 2.70. The van der Waals surface area contributed by atoms with Crippen molar-refractivity contribution in [3.8, 4) is 11.5 Å². The minimum absolute atomic E-state index is 0.417. The first-order valence-electron chi connectivity index (χ1n) is 9.24. The van der Waals surface area contributed by atoms with E-state index in [2.05, 4.69) is 22.8 Å². The molecule has 0 amide bonds. The molecule has 28 heavy (non-hydrogen) atoms. The number of esters is 1. The van der Waals surface area contributed by atoms with Gasteiger partial charge in [-0.25, -0.2) is 4.79 Å². The number of carbonyl (C=O) groups excluding carboxylic acids is 1. The van der Waals surface area contributed by atoms with E-state index in [9.17, 15) is 4.79 Å². The zero-order valence-electron chi connectivity index (χ0n) is 16.1. The van der Waals surface area contributed by atoms with Crippen LogP contribution >= 0.6 is 12.2 Å². The molecule has 0 aliphatic carbocycles. The molecule has 0 aromatic heterocycles. The molecule has 0 unspecified atom stereocenters. The highest BCUT2D eigenvalue weighted by molar-refractivity contribution is 7.80. The quantitative estimate of drug-likeness (QED) is 0.166. The number of nitrogens with one attached hydrogen (secondary N) is 2. The van der Waals surface area contributed by atoms with Crippen LogP contribution in [0.4, 0.5) is 0 Å². The van der Waals surface area contributed by atoms with Gasteiger partial charge in [-0.1, -0.05) is 13.3 Å². The van der Waals surface area contributed by atoms with Crippen LogP contribution in [0, 0.1) is 0 Å². The van der Waals surface area contributed by atoms with Crippen molar-refractivity contribution < 1.29 is 14.3 Å². The van der Waals surface area contributed by atoms with Gasteiger partial charge in [0.2, 0.25) is 0 Å². The maximum absolute atomic E-state index is 12.3. The summed E-state index contributed by atoms with van der Waals surface area (Å²) in [5.74, 6) is 0.789. The lowest BCUT2D eigenvalue weighted by molar-refractivity contribution is 0.0734. The van der Waals surface area contributed by atoms with E-state index in [4.69, 9.17) is 21.7 Å². The number of nitrogens with zero attached hydrogens (tertiary/aromatic N) is 1. The molecule has 0 spiro atoms. The Morgan fingerprint density at radius 1 is 1.07 bits per heavy atom. The number of rotatable bonds is 9. The molecule has 0 atom stereocenters. The van der Waals surface area contributed by atoms with Crippen molar-refractivity contribution in [3.05, 3.63) is 59.7 Å². The second-order valence-corrected chi connectivity index (χ2v) is 6.32. The SMILES string of the molecule is CCCCOc1ccc(C(=O)Oc2ccc(/C=N/NC(=S)NCC)cc2)cc1. The fourth-order valence-corrected chi connectivity index (χ4v) is 2.37. The molecule has 2 N–H and O–H groups in total. The van der Waals surface area contributed by atoms with Crippen LogP contribution in [-0.4, -0.2) is 30.4 Å². The molecular weight excluding hydrogens is 374 g/mol. The number of hydrazone groups is 1. The zero-order valence-corrected chi connectivity index (χ0v) is 16.9. The Labute approximate surface area is 170 Å². The van der Waals surface area contributed by atoms with E-state index < -0.39 is 5.97 Å². The number of ether oxygens (including phenoxy) is 2. The van der Waals surface area contributed by atoms with Crippen molar-refractivity contribution in [1.82, 2.24) is 10.7 Å². The number of benzene rings is 2. The van der Waals surface area contributed by atoms with E-state index in [0.717, 1.165) is 30.7 Å². The highest BCUT2D eigenvalue weighted by atomic mass is 32.1. The van der Waals surface area contributed by atoms with Gasteiger partial charge >= 0.3 is 5.97 Å². The van der Waals surface area contributed by atoms with Crippen molar-refractivity contribution in [2.24, 2.45) is 5.10 Å². The number of hydrogen-bond acceptors (Lipinski definition) is 5. The van der Waals surface area contributed by atoms with Gasteiger partial charge in [0.1, 0.15) is 11.5 Å². The third-order valence-electron chi connectivity index (χ3n) is 3.66. The minimum atomic E-state index is -0.417. The van der Waals surface area contributed by atoms with Gasteiger partial charge in [0.05, 0.1) is 18.4 Å². The summed E-state index contributed by atoms with van der Waals surface area (Å²) >= 11 is 5.02. The topological polar surface area (TPSA) is 72.0 Å². The van der Waals surface area contributed by atoms with Crippen LogP contribution in [-0.2, 0) is 0 Å². The third kappa shape index (κ3) is 7.36. The molecule has 0 radical (unpaired) electrons. The Bertz CT molecular complexity index is 790.